The van der Waals surface area contributed by atoms with Crippen molar-refractivity contribution in [3.05, 3.63) is 41.7 Å². The van der Waals surface area contributed by atoms with Crippen molar-refractivity contribution in [2.45, 2.75) is 37.3 Å². The van der Waals surface area contributed by atoms with Crippen molar-refractivity contribution >= 4 is 17.6 Å². The van der Waals surface area contributed by atoms with E-state index < -0.39 is 5.41 Å². The normalized spacial score (nSPS) is 37.0. The van der Waals surface area contributed by atoms with Gasteiger partial charge in [0, 0.05) is 30.1 Å². The molecule has 4 aliphatic heterocycles. The molecule has 0 radical (unpaired) electrons. The largest absolute Gasteiger partial charge is 0.497 e. The number of hydrogen-bond donors (Lipinski definition) is 1. The van der Waals surface area contributed by atoms with Gasteiger partial charge < -0.3 is 14.8 Å². The molecule has 1 amide bonds. The second-order valence-electron chi connectivity index (χ2n) is 8.14. The number of fused-ring (bicyclic) bond motifs is 5. The van der Waals surface area contributed by atoms with E-state index >= 15 is 0 Å². The zero-order valence-electron chi connectivity index (χ0n) is 15.6. The summed E-state index contributed by atoms with van der Waals surface area (Å²) in [6.45, 7) is 3.79. The lowest BCUT2D eigenvalue weighted by Gasteiger charge is -2.48. The maximum absolute atomic E-state index is 13.1. The summed E-state index contributed by atoms with van der Waals surface area (Å²) in [5.41, 5.74) is 2.11. The molecule has 6 nitrogen and oxygen atoms in total. The fourth-order valence-corrected chi connectivity index (χ4v) is 5.77. The average molecular weight is 368 g/mol. The van der Waals surface area contributed by atoms with Crippen LogP contribution in [-0.2, 0) is 24.5 Å². The Morgan fingerprint density at radius 2 is 2.19 bits per heavy atom. The standard InChI is InChI=1S/C21H24N2O4/c1-12-14-10-23-8-7-21(16-5-3-4-6-17(16)22-20(21)25)18(23)9-13(14)15(11-27-12)19(24)26-2/h3-6,11-14,18H,7-10H2,1-2H3,(H,22,25)/t12-,13-,14+,18-,21+/m1/s1. The molecule has 1 N–H and O–H groups in total. The minimum atomic E-state index is -0.523. The second-order valence-corrected chi connectivity index (χ2v) is 8.14. The Balaban J connectivity index is 1.55. The summed E-state index contributed by atoms with van der Waals surface area (Å²) in [5, 5.41) is 3.09. The Hall–Kier alpha value is -2.34. The molecule has 1 spiro atoms. The van der Waals surface area contributed by atoms with Crippen LogP contribution >= 0.6 is 0 Å². The van der Waals surface area contributed by atoms with E-state index in [9.17, 15) is 9.59 Å². The molecule has 0 aromatic heterocycles. The molecule has 4 aliphatic rings. The molecule has 27 heavy (non-hydrogen) atoms. The number of esters is 1. The zero-order chi connectivity index (χ0) is 18.8. The number of hydrogen-bond acceptors (Lipinski definition) is 5. The Kier molecular flexibility index (Phi) is 3.63. The van der Waals surface area contributed by atoms with Crippen LogP contribution in [0.5, 0.6) is 0 Å². The van der Waals surface area contributed by atoms with Gasteiger partial charge in [0.2, 0.25) is 5.91 Å². The summed E-state index contributed by atoms with van der Waals surface area (Å²) in [6.07, 6.45) is 3.20. The monoisotopic (exact) mass is 368 g/mol. The van der Waals surface area contributed by atoms with E-state index in [1.807, 2.05) is 18.2 Å². The maximum atomic E-state index is 13.1. The number of piperidine rings is 1. The van der Waals surface area contributed by atoms with Crippen LogP contribution in [0.25, 0.3) is 0 Å². The predicted octanol–water partition coefficient (Wildman–Crippen LogP) is 2.06. The van der Waals surface area contributed by atoms with Crippen molar-refractivity contribution in [2.75, 3.05) is 25.5 Å². The van der Waals surface area contributed by atoms with Crippen LogP contribution in [0, 0.1) is 11.8 Å². The van der Waals surface area contributed by atoms with Gasteiger partial charge in [-0.05, 0) is 37.9 Å². The van der Waals surface area contributed by atoms with Crippen molar-refractivity contribution in [1.29, 1.82) is 0 Å². The lowest BCUT2D eigenvalue weighted by Crippen LogP contribution is -2.56. The third kappa shape index (κ3) is 2.16. The van der Waals surface area contributed by atoms with Crippen LogP contribution in [0.1, 0.15) is 25.3 Å². The van der Waals surface area contributed by atoms with Crippen molar-refractivity contribution in [2.24, 2.45) is 11.8 Å². The molecule has 1 aromatic carbocycles. The van der Waals surface area contributed by atoms with E-state index in [0.717, 1.165) is 37.2 Å². The molecular formula is C21H24N2O4. The molecule has 2 saturated heterocycles. The van der Waals surface area contributed by atoms with Crippen molar-refractivity contribution in [1.82, 2.24) is 4.90 Å². The summed E-state index contributed by atoms with van der Waals surface area (Å²) in [7, 11) is 1.41. The number of nitrogens with one attached hydrogen (secondary N) is 1. The van der Waals surface area contributed by atoms with Gasteiger partial charge in [0.05, 0.1) is 30.5 Å². The topological polar surface area (TPSA) is 67.9 Å². The van der Waals surface area contributed by atoms with Crippen LogP contribution in [0.4, 0.5) is 5.69 Å². The number of benzene rings is 1. The molecule has 142 valence electrons. The highest BCUT2D eigenvalue weighted by Gasteiger charge is 2.61. The lowest BCUT2D eigenvalue weighted by atomic mass is 9.66. The first-order valence-electron chi connectivity index (χ1n) is 9.65. The van der Waals surface area contributed by atoms with Crippen LogP contribution in [0.3, 0.4) is 0 Å². The SMILES string of the molecule is COC(=O)C1=CO[C@H](C)[C@@H]2CN3CC[C@@]4(C(=O)Nc5ccccc54)[C@H]3C[C@@H]12. The first-order chi connectivity index (χ1) is 13.1. The third-order valence-corrected chi connectivity index (χ3v) is 7.14. The number of carbonyl (C=O) groups is 2. The van der Waals surface area contributed by atoms with Gasteiger partial charge in [0.1, 0.15) is 0 Å². The maximum Gasteiger partial charge on any atom is 0.337 e. The highest BCUT2D eigenvalue weighted by atomic mass is 16.5. The summed E-state index contributed by atoms with van der Waals surface area (Å²) < 4.78 is 10.8. The number of para-hydroxylation sites is 1. The van der Waals surface area contributed by atoms with Crippen LogP contribution in [0.2, 0.25) is 0 Å². The number of carbonyl (C=O) groups excluding carboxylic acids is 2. The summed E-state index contributed by atoms with van der Waals surface area (Å²) in [6, 6.07) is 8.10. The Labute approximate surface area is 158 Å². The number of ether oxygens (including phenoxy) is 2. The van der Waals surface area contributed by atoms with E-state index in [1.54, 1.807) is 6.26 Å². The van der Waals surface area contributed by atoms with Gasteiger partial charge in [-0.2, -0.15) is 0 Å². The van der Waals surface area contributed by atoms with Crippen LogP contribution in [-0.4, -0.2) is 49.1 Å². The van der Waals surface area contributed by atoms with Crippen molar-refractivity contribution in [3.8, 4) is 0 Å². The summed E-state index contributed by atoms with van der Waals surface area (Å²) in [4.78, 5) is 27.9. The van der Waals surface area contributed by atoms with E-state index in [0.29, 0.717) is 5.57 Å². The number of amides is 1. The number of anilines is 1. The van der Waals surface area contributed by atoms with E-state index in [2.05, 4.69) is 23.2 Å². The van der Waals surface area contributed by atoms with Gasteiger partial charge in [-0.3, -0.25) is 9.69 Å². The Bertz CT molecular complexity index is 850. The fourth-order valence-electron chi connectivity index (χ4n) is 5.77. The molecule has 0 bridgehead atoms. The Morgan fingerprint density at radius 1 is 1.37 bits per heavy atom. The number of nitrogens with zero attached hydrogens (tertiary/aromatic N) is 1. The molecule has 6 heteroatoms. The van der Waals surface area contributed by atoms with Gasteiger partial charge in [0.15, 0.2) is 0 Å². The second kappa shape index (κ2) is 5.83. The van der Waals surface area contributed by atoms with Gasteiger partial charge >= 0.3 is 5.97 Å². The quantitative estimate of drug-likeness (QED) is 0.769. The molecule has 0 aliphatic carbocycles. The molecule has 5 rings (SSSR count). The van der Waals surface area contributed by atoms with Gasteiger partial charge in [0.25, 0.3) is 0 Å². The lowest BCUT2D eigenvalue weighted by molar-refractivity contribution is -0.139. The Morgan fingerprint density at radius 3 is 3.00 bits per heavy atom. The third-order valence-electron chi connectivity index (χ3n) is 7.14. The molecule has 0 saturated carbocycles. The van der Waals surface area contributed by atoms with Crippen LogP contribution < -0.4 is 5.32 Å². The smallest absolute Gasteiger partial charge is 0.337 e. The summed E-state index contributed by atoms with van der Waals surface area (Å²) in [5.74, 6) is 0.0558. The molecule has 2 fully saturated rings. The molecule has 4 heterocycles. The van der Waals surface area contributed by atoms with Crippen molar-refractivity contribution in [3.63, 3.8) is 0 Å². The molecular weight excluding hydrogens is 344 g/mol. The minimum absolute atomic E-state index is 0.0468. The van der Waals surface area contributed by atoms with Crippen LogP contribution in [0.15, 0.2) is 36.1 Å². The fraction of sp³-hybridized carbons (Fsp3) is 0.524. The van der Waals surface area contributed by atoms with Gasteiger partial charge in [-0.1, -0.05) is 18.2 Å². The zero-order valence-corrected chi connectivity index (χ0v) is 15.6. The molecule has 1 aromatic rings. The van der Waals surface area contributed by atoms with E-state index in [-0.39, 0.29) is 35.9 Å². The van der Waals surface area contributed by atoms with E-state index in [1.165, 1.54) is 7.11 Å². The van der Waals surface area contributed by atoms with Gasteiger partial charge in [-0.25, -0.2) is 4.79 Å². The van der Waals surface area contributed by atoms with Gasteiger partial charge in [-0.15, -0.1) is 0 Å². The van der Waals surface area contributed by atoms with E-state index in [4.69, 9.17) is 9.47 Å². The molecule has 5 atom stereocenters. The highest BCUT2D eigenvalue weighted by Crippen LogP contribution is 2.53. The van der Waals surface area contributed by atoms with Crippen molar-refractivity contribution < 1.29 is 19.1 Å². The predicted molar refractivity (Wildman–Crippen MR) is 99.0 cm³/mol. The number of methoxy groups -OCH3 is 1. The first kappa shape index (κ1) is 16.8. The highest BCUT2D eigenvalue weighted by molar-refractivity contribution is 6.07. The average Bonchev–Trinajstić information content (AvgIpc) is 3.20. The first-order valence-corrected chi connectivity index (χ1v) is 9.65. The number of rotatable bonds is 1. The minimum Gasteiger partial charge on any atom is -0.497 e. The molecule has 0 unspecified atom stereocenters. The summed E-state index contributed by atoms with van der Waals surface area (Å²) >= 11 is 0.